The van der Waals surface area contributed by atoms with Gasteiger partial charge in [0.15, 0.2) is 0 Å². The summed E-state index contributed by atoms with van der Waals surface area (Å²) in [5.74, 6) is -2.82. The van der Waals surface area contributed by atoms with Gasteiger partial charge < -0.3 is 9.84 Å². The molecule has 0 aliphatic rings. The van der Waals surface area contributed by atoms with Crippen LogP contribution in [0, 0.1) is 0 Å². The van der Waals surface area contributed by atoms with Gasteiger partial charge in [0.2, 0.25) is 0 Å². The Morgan fingerprint density at radius 1 is 1.00 bits per heavy atom. The molecule has 0 bridgehead atoms. The van der Waals surface area contributed by atoms with Gasteiger partial charge in [0.1, 0.15) is 6.61 Å². The number of esters is 1. The molecule has 0 unspecified atom stereocenters. The lowest BCUT2D eigenvalue weighted by Crippen LogP contribution is -2.62. The van der Waals surface area contributed by atoms with Crippen molar-refractivity contribution in [2.45, 2.75) is 24.6 Å². The average molecular weight is 302 g/mol. The zero-order chi connectivity index (χ0) is 15.6. The molecular weight excluding hydrogens is 294 g/mol. The summed E-state index contributed by atoms with van der Waals surface area (Å²) in [7, 11) is 0. The van der Waals surface area contributed by atoms with Crippen molar-refractivity contribution < 1.29 is 41.0 Å². The van der Waals surface area contributed by atoms with Crippen LogP contribution in [0.4, 0.5) is 26.3 Å². The molecule has 0 saturated heterocycles. The first-order valence-electron chi connectivity index (χ1n) is 5.07. The van der Waals surface area contributed by atoms with Gasteiger partial charge in [0, 0.05) is 0 Å². The maximum absolute atomic E-state index is 12.3. The smallest absolute Gasteiger partial charge is 0.437 e. The third kappa shape index (κ3) is 3.03. The van der Waals surface area contributed by atoms with E-state index in [-0.39, 0.29) is 5.56 Å². The third-order valence-corrected chi connectivity index (χ3v) is 2.33. The molecule has 0 aliphatic carbocycles. The molecule has 0 saturated carbocycles. The molecule has 1 aromatic carbocycles. The first-order chi connectivity index (χ1) is 9.00. The molecule has 0 radical (unpaired) electrons. The largest absolute Gasteiger partial charge is 0.458 e. The van der Waals surface area contributed by atoms with E-state index in [1.54, 1.807) is 6.07 Å². The first kappa shape index (κ1) is 16.3. The van der Waals surface area contributed by atoms with E-state index in [9.17, 15) is 31.1 Å². The summed E-state index contributed by atoms with van der Waals surface area (Å²) in [5, 5.41) is 8.71. The quantitative estimate of drug-likeness (QED) is 0.689. The zero-order valence-electron chi connectivity index (χ0n) is 9.63. The fourth-order valence-electron chi connectivity index (χ4n) is 1.22. The number of hydrogen-bond acceptors (Lipinski definition) is 3. The topological polar surface area (TPSA) is 46.5 Å². The van der Waals surface area contributed by atoms with Crippen LogP contribution in [0.1, 0.15) is 5.56 Å². The monoisotopic (exact) mass is 302 g/mol. The Bertz CT molecular complexity index is 451. The summed E-state index contributed by atoms with van der Waals surface area (Å²) in [6.45, 7) is -0.825. The maximum Gasteiger partial charge on any atom is 0.437 e. The lowest BCUT2D eigenvalue weighted by atomic mass is 10.0. The fourth-order valence-corrected chi connectivity index (χ4v) is 1.22. The minimum absolute atomic E-state index is 0.174. The predicted octanol–water partition coefficient (Wildman–Crippen LogP) is 2.59. The summed E-state index contributed by atoms with van der Waals surface area (Å²) in [4.78, 5) is 11.0. The summed E-state index contributed by atoms with van der Waals surface area (Å²) in [6, 6.07) is 7.10. The Kier molecular flexibility index (Phi) is 4.33. The molecule has 1 rings (SSSR count). The Balaban J connectivity index is 2.92. The SMILES string of the molecule is O=C(OCc1ccccc1)C(O)(C(F)(F)F)C(F)(F)F. The van der Waals surface area contributed by atoms with Gasteiger partial charge >= 0.3 is 23.9 Å². The van der Waals surface area contributed by atoms with Crippen molar-refractivity contribution in [1.29, 1.82) is 0 Å². The molecule has 1 N–H and O–H groups in total. The maximum atomic E-state index is 12.3. The van der Waals surface area contributed by atoms with Crippen molar-refractivity contribution >= 4 is 5.97 Å². The highest BCUT2D eigenvalue weighted by atomic mass is 19.4. The number of alkyl halides is 6. The first-order valence-corrected chi connectivity index (χ1v) is 5.07. The highest BCUT2D eigenvalue weighted by Crippen LogP contribution is 2.43. The molecule has 0 spiro atoms. The van der Waals surface area contributed by atoms with E-state index in [1.807, 2.05) is 0 Å². The van der Waals surface area contributed by atoms with Crippen molar-refractivity contribution in [2.75, 3.05) is 0 Å². The van der Waals surface area contributed by atoms with Gasteiger partial charge in [-0.1, -0.05) is 30.3 Å². The Morgan fingerprint density at radius 3 is 1.85 bits per heavy atom. The molecule has 0 fully saturated rings. The van der Waals surface area contributed by atoms with Gasteiger partial charge in [-0.05, 0) is 5.56 Å². The molecule has 112 valence electrons. The molecule has 0 atom stereocenters. The van der Waals surface area contributed by atoms with Gasteiger partial charge in [-0.25, -0.2) is 4.79 Å². The predicted molar refractivity (Wildman–Crippen MR) is 53.3 cm³/mol. The van der Waals surface area contributed by atoms with E-state index in [4.69, 9.17) is 5.11 Å². The van der Waals surface area contributed by atoms with E-state index >= 15 is 0 Å². The van der Waals surface area contributed by atoms with Gasteiger partial charge in [0.25, 0.3) is 0 Å². The summed E-state index contributed by atoms with van der Waals surface area (Å²) in [5.41, 5.74) is -5.37. The summed E-state index contributed by atoms with van der Waals surface area (Å²) < 4.78 is 77.8. The van der Waals surface area contributed by atoms with Crippen molar-refractivity contribution in [2.24, 2.45) is 0 Å². The van der Waals surface area contributed by atoms with Gasteiger partial charge in [-0.15, -0.1) is 0 Å². The van der Waals surface area contributed by atoms with Crippen LogP contribution in [-0.2, 0) is 16.1 Å². The Hall–Kier alpha value is -1.77. The second-order valence-electron chi connectivity index (χ2n) is 3.77. The number of aliphatic hydroxyl groups is 1. The standard InChI is InChI=1S/C11H8F6O3/c12-10(13,14)9(19,11(15,16)17)8(18)20-6-7-4-2-1-3-5-7/h1-5,19H,6H2. The van der Waals surface area contributed by atoms with Crippen molar-refractivity contribution in [3.05, 3.63) is 35.9 Å². The number of hydrogen-bond donors (Lipinski definition) is 1. The van der Waals surface area contributed by atoms with Crippen LogP contribution in [-0.4, -0.2) is 29.0 Å². The Labute approximate surface area is 108 Å². The molecular formula is C11H8F6O3. The van der Waals surface area contributed by atoms with E-state index in [0.29, 0.717) is 0 Å². The number of carbonyl (C=O) groups is 1. The van der Waals surface area contributed by atoms with Crippen LogP contribution in [0.25, 0.3) is 0 Å². The zero-order valence-corrected chi connectivity index (χ0v) is 9.63. The molecule has 0 amide bonds. The molecule has 9 heteroatoms. The lowest BCUT2D eigenvalue weighted by molar-refractivity contribution is -0.357. The number of benzene rings is 1. The lowest BCUT2D eigenvalue weighted by Gasteiger charge is -2.29. The van der Waals surface area contributed by atoms with Crippen LogP contribution in [0.3, 0.4) is 0 Å². The van der Waals surface area contributed by atoms with Gasteiger partial charge in [0.05, 0.1) is 0 Å². The number of ether oxygens (including phenoxy) is 1. The molecule has 0 aliphatic heterocycles. The van der Waals surface area contributed by atoms with E-state index in [2.05, 4.69) is 4.74 Å². The summed E-state index contributed by atoms with van der Waals surface area (Å²) in [6.07, 6.45) is -12.5. The Morgan fingerprint density at radius 2 is 1.45 bits per heavy atom. The average Bonchev–Trinajstić information content (AvgIpc) is 2.33. The van der Waals surface area contributed by atoms with E-state index in [1.165, 1.54) is 24.3 Å². The fraction of sp³-hybridized carbons (Fsp3) is 0.364. The molecule has 20 heavy (non-hydrogen) atoms. The molecule has 1 aromatic rings. The van der Waals surface area contributed by atoms with Crippen molar-refractivity contribution in [3.63, 3.8) is 0 Å². The number of halogens is 6. The minimum atomic E-state index is -6.24. The van der Waals surface area contributed by atoms with Crippen LogP contribution in [0.5, 0.6) is 0 Å². The highest BCUT2D eigenvalue weighted by molar-refractivity contribution is 5.81. The highest BCUT2D eigenvalue weighted by Gasteiger charge is 2.76. The van der Waals surface area contributed by atoms with Crippen LogP contribution in [0.15, 0.2) is 30.3 Å². The number of carbonyl (C=O) groups excluding carboxylic acids is 1. The molecule has 0 heterocycles. The van der Waals surface area contributed by atoms with Crippen LogP contribution in [0.2, 0.25) is 0 Å². The van der Waals surface area contributed by atoms with Crippen molar-refractivity contribution in [3.8, 4) is 0 Å². The van der Waals surface area contributed by atoms with E-state index < -0.39 is 30.5 Å². The van der Waals surface area contributed by atoms with Gasteiger partial charge in [-0.3, -0.25) is 0 Å². The summed E-state index contributed by atoms with van der Waals surface area (Å²) >= 11 is 0. The number of rotatable bonds is 3. The third-order valence-electron chi connectivity index (χ3n) is 2.33. The molecule has 3 nitrogen and oxygen atoms in total. The molecule has 0 aromatic heterocycles. The van der Waals surface area contributed by atoms with Crippen LogP contribution < -0.4 is 0 Å². The normalized spacial score (nSPS) is 13.2. The second-order valence-corrected chi connectivity index (χ2v) is 3.77. The van der Waals surface area contributed by atoms with Gasteiger partial charge in [-0.2, -0.15) is 26.3 Å². The second kappa shape index (κ2) is 5.31. The van der Waals surface area contributed by atoms with E-state index in [0.717, 1.165) is 0 Å². The minimum Gasteiger partial charge on any atom is -0.458 e. The van der Waals surface area contributed by atoms with Crippen molar-refractivity contribution in [1.82, 2.24) is 0 Å². The van der Waals surface area contributed by atoms with Crippen LogP contribution >= 0.6 is 0 Å².